The molecule has 0 saturated carbocycles. The summed E-state index contributed by atoms with van der Waals surface area (Å²) >= 11 is 19.8. The normalized spacial score (nSPS) is 18.9. The van der Waals surface area contributed by atoms with Crippen LogP contribution in [0.25, 0.3) is 0 Å². The average Bonchev–Trinajstić information content (AvgIpc) is 3.27. The van der Waals surface area contributed by atoms with E-state index in [1.54, 1.807) is 36.8 Å². The molecule has 1 amide bonds. The van der Waals surface area contributed by atoms with Crippen LogP contribution in [0.15, 0.2) is 54.1 Å². The first-order chi connectivity index (χ1) is 15.9. The zero-order valence-corrected chi connectivity index (χ0v) is 21.0. The lowest BCUT2D eigenvalue weighted by Crippen LogP contribution is -2.32. The van der Waals surface area contributed by atoms with Crippen molar-refractivity contribution in [1.29, 1.82) is 0 Å². The summed E-state index contributed by atoms with van der Waals surface area (Å²) in [5.41, 5.74) is 1.45. The fraction of sp³-hybridized carbons (Fsp3) is 0.304. The van der Waals surface area contributed by atoms with Gasteiger partial charge in [-0.05, 0) is 36.9 Å². The Bertz CT molecular complexity index is 1130. The third kappa shape index (κ3) is 5.54. The summed E-state index contributed by atoms with van der Waals surface area (Å²) in [7, 11) is 0. The zero-order valence-electron chi connectivity index (χ0n) is 17.9. The highest BCUT2D eigenvalue weighted by Crippen LogP contribution is 2.38. The van der Waals surface area contributed by atoms with E-state index in [0.29, 0.717) is 44.8 Å². The molecule has 3 aromatic rings. The SMILES string of the molecule is CSc1ncc(C(=O)N2CC(c3ccc(Cl)c(Cl)c3)C(C(C)Oc3ccc(Cl)cn3)C2)cn1. The van der Waals surface area contributed by atoms with Crippen molar-refractivity contribution in [2.75, 3.05) is 19.3 Å². The summed E-state index contributed by atoms with van der Waals surface area (Å²) in [6.07, 6.45) is 6.34. The minimum Gasteiger partial charge on any atom is -0.474 e. The molecule has 1 fully saturated rings. The molecule has 1 aliphatic heterocycles. The Morgan fingerprint density at radius 2 is 1.82 bits per heavy atom. The van der Waals surface area contributed by atoms with Gasteiger partial charge in [-0.25, -0.2) is 15.0 Å². The number of hydrogen-bond acceptors (Lipinski definition) is 6. The van der Waals surface area contributed by atoms with Crippen molar-refractivity contribution < 1.29 is 9.53 Å². The second-order valence-corrected chi connectivity index (χ2v) is 9.77. The molecular formula is C23H21Cl3N4O2S. The zero-order chi connectivity index (χ0) is 23.5. The van der Waals surface area contributed by atoms with Gasteiger partial charge in [-0.15, -0.1) is 0 Å². The van der Waals surface area contributed by atoms with Gasteiger partial charge >= 0.3 is 0 Å². The Kier molecular flexibility index (Phi) is 7.64. The van der Waals surface area contributed by atoms with Gasteiger partial charge in [-0.3, -0.25) is 4.79 Å². The second kappa shape index (κ2) is 10.5. The molecule has 4 rings (SSSR count). The maximum absolute atomic E-state index is 13.2. The van der Waals surface area contributed by atoms with E-state index in [0.717, 1.165) is 5.56 Å². The van der Waals surface area contributed by atoms with Crippen molar-refractivity contribution in [3.63, 3.8) is 0 Å². The van der Waals surface area contributed by atoms with Crippen LogP contribution in [0.2, 0.25) is 15.1 Å². The largest absolute Gasteiger partial charge is 0.474 e. The van der Waals surface area contributed by atoms with Gasteiger partial charge in [0.15, 0.2) is 5.16 Å². The van der Waals surface area contributed by atoms with Crippen molar-refractivity contribution in [2.45, 2.75) is 24.1 Å². The van der Waals surface area contributed by atoms with Gasteiger partial charge in [0, 0.05) is 49.6 Å². The smallest absolute Gasteiger partial charge is 0.257 e. The minimum atomic E-state index is -0.231. The van der Waals surface area contributed by atoms with Crippen molar-refractivity contribution in [3.8, 4) is 5.88 Å². The highest BCUT2D eigenvalue weighted by Gasteiger charge is 2.40. The number of benzene rings is 1. The molecular weight excluding hydrogens is 503 g/mol. The topological polar surface area (TPSA) is 68.2 Å². The van der Waals surface area contributed by atoms with Gasteiger partial charge in [0.25, 0.3) is 5.91 Å². The Labute approximate surface area is 211 Å². The number of rotatable bonds is 6. The highest BCUT2D eigenvalue weighted by molar-refractivity contribution is 7.98. The molecule has 1 saturated heterocycles. The summed E-state index contributed by atoms with van der Waals surface area (Å²) in [6.45, 7) is 2.99. The summed E-state index contributed by atoms with van der Waals surface area (Å²) in [5.74, 6) is 0.352. The first kappa shape index (κ1) is 24.1. The van der Waals surface area contributed by atoms with Crippen molar-refractivity contribution in [1.82, 2.24) is 19.9 Å². The van der Waals surface area contributed by atoms with E-state index in [-0.39, 0.29) is 23.8 Å². The van der Waals surface area contributed by atoms with E-state index in [4.69, 9.17) is 39.5 Å². The maximum Gasteiger partial charge on any atom is 0.257 e. The Hall–Kier alpha value is -2.06. The standard InChI is InChI=1S/C23H21Cl3N4O2S/c1-13(32-21-6-4-16(24)10-27-21)17-11-30(22(31)15-8-28-23(33-2)29-9-15)12-18(17)14-3-5-19(25)20(26)7-14/h3-10,13,17-18H,11-12H2,1-2H3. The van der Waals surface area contributed by atoms with E-state index < -0.39 is 0 Å². The van der Waals surface area contributed by atoms with Crippen molar-refractivity contribution in [3.05, 3.63) is 75.1 Å². The fourth-order valence-electron chi connectivity index (χ4n) is 3.99. The first-order valence-corrected chi connectivity index (χ1v) is 12.6. The Morgan fingerprint density at radius 3 is 2.45 bits per heavy atom. The molecule has 0 aliphatic carbocycles. The van der Waals surface area contributed by atoms with E-state index in [1.807, 2.05) is 30.2 Å². The number of likely N-dealkylation sites (tertiary alicyclic amines) is 1. The molecule has 3 atom stereocenters. The Morgan fingerprint density at radius 1 is 1.06 bits per heavy atom. The van der Waals surface area contributed by atoms with Crippen LogP contribution < -0.4 is 4.74 Å². The molecule has 0 radical (unpaired) electrons. The van der Waals surface area contributed by atoms with E-state index in [9.17, 15) is 4.79 Å². The maximum atomic E-state index is 13.2. The molecule has 0 bridgehead atoms. The number of amides is 1. The number of pyridine rings is 1. The van der Waals surface area contributed by atoms with Crippen molar-refractivity contribution in [2.24, 2.45) is 5.92 Å². The van der Waals surface area contributed by atoms with Crippen LogP contribution in [0, 0.1) is 5.92 Å². The number of hydrogen-bond donors (Lipinski definition) is 0. The van der Waals surface area contributed by atoms with E-state index in [2.05, 4.69) is 15.0 Å². The molecule has 3 unspecified atom stereocenters. The number of carbonyl (C=O) groups is 1. The average molecular weight is 524 g/mol. The van der Waals surface area contributed by atoms with Gasteiger partial charge in [0.05, 0.1) is 20.6 Å². The predicted molar refractivity (Wildman–Crippen MR) is 132 cm³/mol. The van der Waals surface area contributed by atoms with Crippen LogP contribution in [0.5, 0.6) is 5.88 Å². The first-order valence-electron chi connectivity index (χ1n) is 10.2. The quantitative estimate of drug-likeness (QED) is 0.297. The van der Waals surface area contributed by atoms with Gasteiger partial charge in [0.1, 0.15) is 6.10 Å². The van der Waals surface area contributed by atoms with Crippen LogP contribution >= 0.6 is 46.6 Å². The van der Waals surface area contributed by atoms with E-state index >= 15 is 0 Å². The second-order valence-electron chi connectivity index (χ2n) is 7.75. The summed E-state index contributed by atoms with van der Waals surface area (Å²) in [5, 5.41) is 2.13. The van der Waals surface area contributed by atoms with Crippen LogP contribution in [0.1, 0.15) is 28.8 Å². The molecule has 1 aromatic carbocycles. The third-order valence-corrected chi connectivity index (χ3v) is 7.23. The van der Waals surface area contributed by atoms with Gasteiger partial charge in [-0.2, -0.15) is 0 Å². The molecule has 0 spiro atoms. The summed E-state index contributed by atoms with van der Waals surface area (Å²) in [4.78, 5) is 27.7. The monoisotopic (exact) mass is 522 g/mol. The lowest BCUT2D eigenvalue weighted by atomic mass is 9.86. The van der Waals surface area contributed by atoms with Crippen LogP contribution in [0.3, 0.4) is 0 Å². The fourth-order valence-corrected chi connectivity index (χ4v) is 4.73. The van der Waals surface area contributed by atoms with Gasteiger partial charge in [-0.1, -0.05) is 52.6 Å². The number of nitrogens with zero attached hydrogens (tertiary/aromatic N) is 4. The molecule has 3 heterocycles. The van der Waals surface area contributed by atoms with Crippen molar-refractivity contribution >= 4 is 52.5 Å². The molecule has 172 valence electrons. The molecule has 10 heteroatoms. The minimum absolute atomic E-state index is 0.00240. The predicted octanol–water partition coefficient (Wildman–Crippen LogP) is 5.88. The van der Waals surface area contributed by atoms with Gasteiger partial charge < -0.3 is 9.64 Å². The van der Waals surface area contributed by atoms with Crippen LogP contribution in [0.4, 0.5) is 0 Å². The molecule has 6 nitrogen and oxygen atoms in total. The molecule has 0 N–H and O–H groups in total. The number of aromatic nitrogens is 3. The van der Waals surface area contributed by atoms with Crippen LogP contribution in [-0.4, -0.2) is 51.2 Å². The third-order valence-electron chi connectivity index (χ3n) is 5.69. The van der Waals surface area contributed by atoms with Crippen LogP contribution in [-0.2, 0) is 0 Å². The highest BCUT2D eigenvalue weighted by atomic mass is 35.5. The molecule has 2 aromatic heterocycles. The summed E-state index contributed by atoms with van der Waals surface area (Å²) in [6, 6.07) is 9.05. The lowest BCUT2D eigenvalue weighted by molar-refractivity contribution is 0.0768. The lowest BCUT2D eigenvalue weighted by Gasteiger charge is -2.25. The summed E-state index contributed by atoms with van der Waals surface area (Å²) < 4.78 is 6.13. The van der Waals surface area contributed by atoms with E-state index in [1.165, 1.54) is 11.8 Å². The Balaban J connectivity index is 1.60. The number of carbonyl (C=O) groups excluding carboxylic acids is 1. The molecule has 33 heavy (non-hydrogen) atoms. The number of ether oxygens (including phenoxy) is 1. The number of halogens is 3. The molecule has 1 aliphatic rings. The van der Waals surface area contributed by atoms with Gasteiger partial charge in [0.2, 0.25) is 5.88 Å². The number of thioether (sulfide) groups is 1.